The number of benzene rings is 1. The average molecular weight is 256 g/mol. The number of nitrogens with two attached hydrogens (primary N) is 1. The first-order valence-electron chi connectivity index (χ1n) is 5.14. The first-order chi connectivity index (χ1) is 8.76. The number of aromatic nitrogens is 3. The van der Waals surface area contributed by atoms with Gasteiger partial charge in [0.15, 0.2) is 16.6 Å². The molecule has 6 nitrogen and oxygen atoms in total. The Labute approximate surface area is 106 Å². The highest BCUT2D eigenvalue weighted by molar-refractivity contribution is 7.22. The summed E-state index contributed by atoms with van der Waals surface area (Å²) in [5.41, 5.74) is 6.73. The van der Waals surface area contributed by atoms with Gasteiger partial charge in [0.2, 0.25) is 5.95 Å². The monoisotopic (exact) mass is 256 g/mol. The number of thiazole rings is 1. The normalized spacial score (nSPS) is 10.4. The van der Waals surface area contributed by atoms with E-state index in [1.807, 2.05) is 30.3 Å². The van der Waals surface area contributed by atoms with Gasteiger partial charge < -0.3 is 16.0 Å². The highest BCUT2D eigenvalue weighted by atomic mass is 32.1. The number of rotatable bonds is 2. The van der Waals surface area contributed by atoms with Crippen molar-refractivity contribution >= 4 is 38.5 Å². The maximum Gasteiger partial charge on any atom is 0.209 e. The lowest BCUT2D eigenvalue weighted by molar-refractivity contribution is 1.26. The van der Waals surface area contributed by atoms with Crippen molar-refractivity contribution < 1.29 is 0 Å². The molecule has 4 N–H and O–H groups in total. The van der Waals surface area contributed by atoms with E-state index in [1.165, 1.54) is 11.3 Å². The summed E-state index contributed by atoms with van der Waals surface area (Å²) < 4.78 is 1.08. The number of hydrogen-bond acceptors (Lipinski definition) is 6. The Bertz CT molecular complexity index is 717. The smallest absolute Gasteiger partial charge is 0.209 e. The zero-order valence-corrected chi connectivity index (χ0v) is 9.95. The highest BCUT2D eigenvalue weighted by Crippen LogP contribution is 2.27. The van der Waals surface area contributed by atoms with Gasteiger partial charge in [0.05, 0.1) is 10.2 Å². The number of anilines is 3. The summed E-state index contributed by atoms with van der Waals surface area (Å²) in [6.45, 7) is 0. The predicted octanol–water partition coefficient (Wildman–Crippen LogP) is 2.22. The van der Waals surface area contributed by atoms with E-state index in [-0.39, 0.29) is 11.5 Å². The Morgan fingerprint density at radius 3 is 2.89 bits per heavy atom. The molecule has 0 unspecified atom stereocenters. The SMILES string of the molecule is N#Cc1[nH]c(Nc2nc3ccccc3s2)nc1N. The molecule has 0 radical (unpaired) electrons. The average Bonchev–Trinajstić information content (AvgIpc) is 2.92. The molecule has 18 heavy (non-hydrogen) atoms. The van der Waals surface area contributed by atoms with E-state index in [2.05, 4.69) is 20.3 Å². The summed E-state index contributed by atoms with van der Waals surface area (Å²) in [4.78, 5) is 11.2. The number of hydrogen-bond donors (Lipinski definition) is 3. The van der Waals surface area contributed by atoms with Gasteiger partial charge in [-0.05, 0) is 12.1 Å². The van der Waals surface area contributed by atoms with Gasteiger partial charge in [-0.3, -0.25) is 0 Å². The number of H-pyrrole nitrogens is 1. The van der Waals surface area contributed by atoms with E-state index < -0.39 is 0 Å². The number of nitrogens with zero attached hydrogens (tertiary/aromatic N) is 3. The molecular formula is C11H8N6S. The maximum absolute atomic E-state index is 8.77. The molecule has 0 bridgehead atoms. The summed E-state index contributed by atoms with van der Waals surface area (Å²) in [5, 5.41) is 12.5. The van der Waals surface area contributed by atoms with Crippen LogP contribution in [0.2, 0.25) is 0 Å². The fourth-order valence-corrected chi connectivity index (χ4v) is 2.42. The lowest BCUT2D eigenvalue weighted by Crippen LogP contribution is -1.91. The van der Waals surface area contributed by atoms with Crippen molar-refractivity contribution in [3.05, 3.63) is 30.0 Å². The number of nitriles is 1. The molecule has 0 fully saturated rings. The van der Waals surface area contributed by atoms with Crippen molar-refractivity contribution in [2.75, 3.05) is 11.1 Å². The Kier molecular flexibility index (Phi) is 2.35. The summed E-state index contributed by atoms with van der Waals surface area (Å²) in [5.74, 6) is 0.601. The van der Waals surface area contributed by atoms with Crippen molar-refractivity contribution in [1.82, 2.24) is 15.0 Å². The quantitative estimate of drug-likeness (QED) is 0.652. The number of fused-ring (bicyclic) bond motifs is 1. The molecule has 0 amide bonds. The molecule has 0 saturated heterocycles. The van der Waals surface area contributed by atoms with Crippen LogP contribution < -0.4 is 11.1 Å². The number of nitrogen functional groups attached to an aromatic ring is 1. The first kappa shape index (κ1) is 10.6. The van der Waals surface area contributed by atoms with Gasteiger partial charge in [-0.15, -0.1) is 0 Å². The number of aromatic amines is 1. The van der Waals surface area contributed by atoms with Crippen LogP contribution >= 0.6 is 11.3 Å². The van der Waals surface area contributed by atoms with Crippen LogP contribution in [0.3, 0.4) is 0 Å². The molecule has 2 aromatic heterocycles. The number of para-hydroxylation sites is 1. The van der Waals surface area contributed by atoms with Gasteiger partial charge in [0.25, 0.3) is 0 Å². The molecule has 7 heteroatoms. The Morgan fingerprint density at radius 2 is 2.17 bits per heavy atom. The first-order valence-corrected chi connectivity index (χ1v) is 5.96. The van der Waals surface area contributed by atoms with Crippen molar-refractivity contribution in [2.24, 2.45) is 0 Å². The molecule has 0 atom stereocenters. The van der Waals surface area contributed by atoms with E-state index >= 15 is 0 Å². The van der Waals surface area contributed by atoms with Gasteiger partial charge in [-0.1, -0.05) is 23.5 Å². The molecule has 0 spiro atoms. The summed E-state index contributed by atoms with van der Waals surface area (Å²) in [7, 11) is 0. The Balaban J connectivity index is 1.94. The Morgan fingerprint density at radius 1 is 1.33 bits per heavy atom. The molecule has 3 aromatic rings. The minimum Gasteiger partial charge on any atom is -0.381 e. The minimum atomic E-state index is 0.182. The molecule has 0 saturated carbocycles. The lowest BCUT2D eigenvalue weighted by atomic mass is 10.3. The third kappa shape index (κ3) is 1.74. The second-order valence-corrected chi connectivity index (χ2v) is 4.60. The molecule has 1 aromatic carbocycles. The standard InChI is InChI=1S/C11H8N6S/c12-5-7-9(13)16-10(14-7)17-11-15-6-3-1-2-4-8(6)18-11/h1-4H,13H2,(H2,14,15,16,17). The molecular weight excluding hydrogens is 248 g/mol. The zero-order chi connectivity index (χ0) is 12.5. The van der Waals surface area contributed by atoms with Gasteiger partial charge in [-0.25, -0.2) is 4.98 Å². The molecule has 2 heterocycles. The lowest BCUT2D eigenvalue weighted by Gasteiger charge is -1.94. The van der Waals surface area contributed by atoms with Crippen LogP contribution in [0.15, 0.2) is 24.3 Å². The topological polar surface area (TPSA) is 103 Å². The van der Waals surface area contributed by atoms with Gasteiger partial charge in [-0.2, -0.15) is 10.2 Å². The van der Waals surface area contributed by atoms with Crippen LogP contribution in [0.1, 0.15) is 5.69 Å². The summed E-state index contributed by atoms with van der Waals surface area (Å²) >= 11 is 1.51. The molecule has 0 aliphatic heterocycles. The van der Waals surface area contributed by atoms with E-state index in [4.69, 9.17) is 11.0 Å². The predicted molar refractivity (Wildman–Crippen MR) is 70.6 cm³/mol. The van der Waals surface area contributed by atoms with Crippen LogP contribution in [-0.4, -0.2) is 15.0 Å². The van der Waals surface area contributed by atoms with Crippen LogP contribution in [0.25, 0.3) is 10.2 Å². The van der Waals surface area contributed by atoms with Gasteiger partial charge in [0, 0.05) is 0 Å². The van der Waals surface area contributed by atoms with Crippen molar-refractivity contribution in [3.63, 3.8) is 0 Å². The van der Waals surface area contributed by atoms with Gasteiger partial charge >= 0.3 is 0 Å². The van der Waals surface area contributed by atoms with E-state index in [0.717, 1.165) is 10.2 Å². The fraction of sp³-hybridized carbons (Fsp3) is 0. The molecule has 3 rings (SSSR count). The van der Waals surface area contributed by atoms with Crippen molar-refractivity contribution in [1.29, 1.82) is 5.26 Å². The minimum absolute atomic E-state index is 0.182. The van der Waals surface area contributed by atoms with E-state index in [0.29, 0.717) is 11.1 Å². The molecule has 0 aliphatic carbocycles. The molecule has 0 aliphatic rings. The van der Waals surface area contributed by atoms with Crippen LogP contribution in [0, 0.1) is 11.3 Å². The third-order valence-electron chi connectivity index (χ3n) is 2.36. The van der Waals surface area contributed by atoms with Crippen molar-refractivity contribution in [2.45, 2.75) is 0 Å². The van der Waals surface area contributed by atoms with Crippen LogP contribution in [-0.2, 0) is 0 Å². The second-order valence-electron chi connectivity index (χ2n) is 3.57. The largest absolute Gasteiger partial charge is 0.381 e. The summed E-state index contributed by atoms with van der Waals surface area (Å²) in [6.07, 6.45) is 0. The zero-order valence-electron chi connectivity index (χ0n) is 9.14. The van der Waals surface area contributed by atoms with Crippen molar-refractivity contribution in [3.8, 4) is 6.07 Å². The van der Waals surface area contributed by atoms with Crippen LogP contribution in [0.4, 0.5) is 16.9 Å². The van der Waals surface area contributed by atoms with E-state index in [1.54, 1.807) is 0 Å². The highest BCUT2D eigenvalue weighted by Gasteiger charge is 2.08. The third-order valence-corrected chi connectivity index (χ3v) is 3.31. The number of nitrogens with one attached hydrogen (secondary N) is 2. The summed E-state index contributed by atoms with van der Waals surface area (Å²) in [6, 6.07) is 9.76. The fourth-order valence-electron chi connectivity index (χ4n) is 1.56. The van der Waals surface area contributed by atoms with Crippen LogP contribution in [0.5, 0.6) is 0 Å². The Hall–Kier alpha value is -2.59. The number of imidazole rings is 1. The molecule has 88 valence electrons. The maximum atomic E-state index is 8.77. The second kappa shape index (κ2) is 4.01. The van der Waals surface area contributed by atoms with E-state index in [9.17, 15) is 0 Å². The van der Waals surface area contributed by atoms with Gasteiger partial charge in [0.1, 0.15) is 6.07 Å².